The topological polar surface area (TPSA) is 630 Å². The molecule has 0 saturated carbocycles. The van der Waals surface area contributed by atoms with Crippen LogP contribution < -0.4 is 0 Å². The lowest BCUT2D eigenvalue weighted by molar-refractivity contribution is 0.823. The van der Waals surface area contributed by atoms with Gasteiger partial charge >= 0.3 is 392 Å². The monoisotopic (exact) mass is 802 g/mol. The molecule has 0 atom stereocenters. The molecule has 0 aliphatic rings. The van der Waals surface area contributed by atoms with Gasteiger partial charge in [-0.1, -0.05) is 0 Å². The van der Waals surface area contributed by atoms with Crippen LogP contribution in [0.1, 0.15) is 0 Å². The molecule has 0 aromatic rings. The Labute approximate surface area is 490 Å². The highest BCUT2D eigenvalue weighted by Crippen LogP contribution is -0.267. The van der Waals surface area contributed by atoms with Crippen LogP contribution in [0.2, 0.25) is 0 Å². The van der Waals surface area contributed by atoms with E-state index in [1.165, 1.54) is 0 Å². The van der Waals surface area contributed by atoms with Crippen molar-refractivity contribution in [1.82, 2.24) is 0 Å². The summed E-state index contributed by atoms with van der Waals surface area (Å²) in [6.07, 6.45) is 0. The summed E-state index contributed by atoms with van der Waals surface area (Å²) in [5, 5.41) is 0. The lowest BCUT2D eigenvalue weighted by Gasteiger charge is -0.413. The highest BCUT2D eigenvalue weighted by Gasteiger charge is 0.333. The third-order valence-electron chi connectivity index (χ3n) is 0. The first kappa shape index (κ1) is 766. The van der Waals surface area contributed by atoms with Crippen molar-refractivity contribution in [1.29, 1.82) is 0 Å². The van der Waals surface area contributed by atoms with Gasteiger partial charge < -0.3 is 110 Å². The highest BCUT2D eigenvalue weighted by atomic mass is 24.3. The van der Waals surface area contributed by atoms with Crippen LogP contribution >= 0.6 is 0 Å². The standard InChI is InChI=1S/17Mg.20H2O.34H/h;;;;;;;;;;;;;;;;;20*1H2;;;;;;;;;;;;;;;;;;;;;;;;;;;;;;;;;;. The minimum Gasteiger partial charge on any atom is -0.412 e. The maximum atomic E-state index is 0. The first-order chi connectivity index (χ1) is 0. The minimum absolute atomic E-state index is 0. The Morgan fingerprint density at radius 1 is 0.0541 bits per heavy atom. The molecule has 228 valence electrons. The minimum atomic E-state index is 0. The van der Waals surface area contributed by atoms with Crippen LogP contribution in [0.4, 0.5) is 0 Å². The Morgan fingerprint density at radius 2 is 0.0541 bits per heavy atom. The molecule has 0 bridgehead atoms. The molecule has 0 aliphatic heterocycles. The van der Waals surface area contributed by atoms with Crippen molar-refractivity contribution >= 4 is 392 Å². The average Bonchev–Trinajstić information content (AvgIpc) is 0. The molecule has 37 heteroatoms. The van der Waals surface area contributed by atoms with E-state index in [4.69, 9.17) is 0 Å². The molecule has 0 spiro atoms. The fourth-order valence-corrected chi connectivity index (χ4v) is 0. The van der Waals surface area contributed by atoms with Crippen molar-refractivity contribution in [3.05, 3.63) is 0 Å². The van der Waals surface area contributed by atoms with E-state index in [9.17, 15) is 0 Å². The molecule has 0 saturated heterocycles. The van der Waals surface area contributed by atoms with E-state index in [0.717, 1.165) is 0 Å². The Balaban J connectivity index is 0. The fourth-order valence-electron chi connectivity index (χ4n) is 0. The SMILES string of the molecule is O.O.O.O.O.O.O.O.O.O.O.O.O.O.O.O.O.O.O.O.[MgH2].[MgH2].[MgH2].[MgH2].[MgH2].[MgH2].[MgH2].[MgH2].[MgH2].[MgH2].[MgH2].[MgH2].[MgH2].[MgH2].[MgH2].[MgH2].[MgH2]. The quantitative estimate of drug-likeness (QED) is 0.206. The van der Waals surface area contributed by atoms with E-state index >= 15 is 0 Å². The fraction of sp³-hybridized carbons (Fsp3) is 0. The average molecular weight is 808 g/mol. The second kappa shape index (κ2) is 720. The first-order valence-corrected chi connectivity index (χ1v) is 0. The zero-order valence-electron chi connectivity index (χ0n) is 10.0. The van der Waals surface area contributed by atoms with Gasteiger partial charge in [0.05, 0.1) is 0 Å². The summed E-state index contributed by atoms with van der Waals surface area (Å²) < 4.78 is 0. The summed E-state index contributed by atoms with van der Waals surface area (Å²) in [5.74, 6) is 0. The Hall–Kier alpha value is 12.2. The van der Waals surface area contributed by atoms with Crippen LogP contribution in [-0.4, -0.2) is 501 Å². The van der Waals surface area contributed by atoms with E-state index in [1.54, 1.807) is 0 Å². The molecule has 40 N–H and O–H groups in total. The molecule has 0 aromatic carbocycles. The Morgan fingerprint density at radius 3 is 0.0541 bits per heavy atom. The maximum absolute atomic E-state index is 0. The van der Waals surface area contributed by atoms with Gasteiger partial charge in [0.15, 0.2) is 0 Å². The van der Waals surface area contributed by atoms with Gasteiger partial charge in [-0.05, 0) is 0 Å². The van der Waals surface area contributed by atoms with E-state index < -0.39 is 0 Å². The third kappa shape index (κ3) is 689. The first-order valence-electron chi connectivity index (χ1n) is 0. The van der Waals surface area contributed by atoms with Gasteiger partial charge in [0, 0.05) is 0 Å². The maximum Gasteiger partial charge on any atom is 0.316 e. The predicted octanol–water partition coefficient (Wildman–Crippen LogP) is -32.1. The zero-order chi connectivity index (χ0) is 0. The van der Waals surface area contributed by atoms with Crippen LogP contribution in [-0.2, 0) is 0 Å². The molecule has 0 heterocycles. The normalized spacial score (nSPS) is 0. The Bertz CT molecular complexity index is 36.8. The molecule has 0 aliphatic carbocycles. The second-order valence-electron chi connectivity index (χ2n) is 0. The summed E-state index contributed by atoms with van der Waals surface area (Å²) >= 11 is 0. The molecule has 20 nitrogen and oxygen atoms in total. The summed E-state index contributed by atoms with van der Waals surface area (Å²) in [5.41, 5.74) is 0. The summed E-state index contributed by atoms with van der Waals surface area (Å²) in [7, 11) is 0. The van der Waals surface area contributed by atoms with Crippen molar-refractivity contribution < 1.29 is 110 Å². The molecule has 0 aromatic heterocycles. The predicted molar refractivity (Wildman–Crippen MR) is 218 cm³/mol. The number of hydrogen-bond donors (Lipinski definition) is 0. The van der Waals surface area contributed by atoms with Gasteiger partial charge in [-0.25, -0.2) is 0 Å². The van der Waals surface area contributed by atoms with Gasteiger partial charge in [-0.15, -0.1) is 0 Å². The van der Waals surface area contributed by atoms with Crippen molar-refractivity contribution in [2.75, 3.05) is 0 Å². The highest BCUT2D eigenvalue weighted by molar-refractivity contribution is 5.77. The third-order valence-corrected chi connectivity index (χ3v) is 0. The van der Waals surface area contributed by atoms with Crippen molar-refractivity contribution in [3.8, 4) is 0 Å². The van der Waals surface area contributed by atoms with Crippen LogP contribution in [0.3, 0.4) is 0 Å². The van der Waals surface area contributed by atoms with Gasteiger partial charge in [0.2, 0.25) is 0 Å². The molecule has 0 amide bonds. The van der Waals surface area contributed by atoms with E-state index in [2.05, 4.69) is 0 Å². The molecule has 0 unspecified atom stereocenters. The van der Waals surface area contributed by atoms with Crippen LogP contribution in [0.5, 0.6) is 0 Å². The van der Waals surface area contributed by atoms with E-state index in [1.807, 2.05) is 0 Å². The van der Waals surface area contributed by atoms with Gasteiger partial charge in [0.1, 0.15) is 0 Å². The number of rotatable bonds is 0. The summed E-state index contributed by atoms with van der Waals surface area (Å²) in [6, 6.07) is 0. The van der Waals surface area contributed by atoms with Crippen LogP contribution in [0.25, 0.3) is 0 Å². The molecular weight excluding hydrogens is 733 g/mol. The smallest absolute Gasteiger partial charge is 0.316 e. The molecule has 0 radical (unpaired) electrons. The van der Waals surface area contributed by atoms with E-state index in [-0.39, 0.29) is 501 Å². The van der Waals surface area contributed by atoms with Crippen LogP contribution in [0, 0.1) is 0 Å². The second-order valence-corrected chi connectivity index (χ2v) is 0. The van der Waals surface area contributed by atoms with E-state index in [0.29, 0.717) is 0 Å². The summed E-state index contributed by atoms with van der Waals surface area (Å²) in [6.45, 7) is 0. The Kier molecular flexibility index (Phi) is 14900. The van der Waals surface area contributed by atoms with Gasteiger partial charge in [-0.3, -0.25) is 0 Å². The lowest BCUT2D eigenvalue weighted by Crippen LogP contribution is -0.382. The molecule has 0 fully saturated rings. The molecule has 0 rings (SSSR count). The van der Waals surface area contributed by atoms with Crippen molar-refractivity contribution in [3.63, 3.8) is 0 Å². The molecular formula is H74Mg17O20. The van der Waals surface area contributed by atoms with Crippen LogP contribution in [0.15, 0.2) is 0 Å². The van der Waals surface area contributed by atoms with Gasteiger partial charge in [0.25, 0.3) is 0 Å². The summed E-state index contributed by atoms with van der Waals surface area (Å²) in [4.78, 5) is 0. The zero-order valence-corrected chi connectivity index (χ0v) is 10.0. The largest absolute Gasteiger partial charge is 0.412 e. The van der Waals surface area contributed by atoms with Crippen molar-refractivity contribution in [2.24, 2.45) is 0 Å². The lowest BCUT2D eigenvalue weighted by atomic mass is 16.0. The molecule has 37 heavy (non-hydrogen) atoms. The van der Waals surface area contributed by atoms with Crippen molar-refractivity contribution in [2.45, 2.75) is 0 Å². The number of hydrogen-bond acceptors (Lipinski definition) is 0. The van der Waals surface area contributed by atoms with Gasteiger partial charge in [-0.2, -0.15) is 0 Å².